The summed E-state index contributed by atoms with van der Waals surface area (Å²) in [7, 11) is 0. The summed E-state index contributed by atoms with van der Waals surface area (Å²) >= 11 is 6.02. The molecule has 2 heterocycles. The lowest BCUT2D eigenvalue weighted by Gasteiger charge is -2.35. The van der Waals surface area contributed by atoms with Crippen molar-refractivity contribution in [3.05, 3.63) is 41.0 Å². The van der Waals surface area contributed by atoms with E-state index in [0.29, 0.717) is 29.0 Å². The topological polar surface area (TPSA) is 57.3 Å². The highest BCUT2D eigenvalue weighted by Crippen LogP contribution is 2.26. The number of piperazine rings is 1. The minimum absolute atomic E-state index is 0. The summed E-state index contributed by atoms with van der Waals surface area (Å²) in [4.78, 5) is 18.0. The Labute approximate surface area is 177 Å². The number of alkyl halides is 3. The summed E-state index contributed by atoms with van der Waals surface area (Å²) in [5.41, 5.74) is 0.564. The van der Waals surface area contributed by atoms with E-state index < -0.39 is 24.7 Å². The van der Waals surface area contributed by atoms with E-state index in [4.69, 9.17) is 11.6 Å². The van der Waals surface area contributed by atoms with Crippen LogP contribution in [0.5, 0.6) is 0 Å². The van der Waals surface area contributed by atoms with E-state index in [1.807, 2.05) is 0 Å². The molecule has 1 amide bonds. The third-order valence-electron chi connectivity index (χ3n) is 4.34. The first-order valence-electron chi connectivity index (χ1n) is 8.20. The van der Waals surface area contributed by atoms with Gasteiger partial charge in [0.25, 0.3) is 5.91 Å². The maximum atomic E-state index is 13.4. The fourth-order valence-electron chi connectivity index (χ4n) is 3.06. The van der Waals surface area contributed by atoms with Gasteiger partial charge >= 0.3 is 6.18 Å². The Bertz CT molecular complexity index is 801. The lowest BCUT2D eigenvalue weighted by molar-refractivity contribution is -0.183. The highest BCUT2D eigenvalue weighted by atomic mass is 35.5. The number of rotatable bonds is 4. The van der Waals surface area contributed by atoms with Gasteiger partial charge in [-0.2, -0.15) is 13.2 Å². The summed E-state index contributed by atoms with van der Waals surface area (Å²) in [5.74, 6) is -0.624. The number of aromatic nitrogens is 1. The molecule has 11 heteroatoms. The molecule has 5 nitrogen and oxygen atoms in total. The van der Waals surface area contributed by atoms with Crippen LogP contribution in [0.3, 0.4) is 0 Å². The summed E-state index contributed by atoms with van der Waals surface area (Å²) in [6.07, 6.45) is -2.91. The molecule has 1 aliphatic rings. The standard InChI is InChI=1S/C17H18ClF3N4O.2ClH/c18-12-8-11-2-1-3-23-15(11)13(9-12)16(26)24-10-14(17(19,20)21)25-6-4-22-5-7-25;;/h1-3,8-9,14,22H,4-7,10H2,(H,24,26);2*1H. The zero-order valence-electron chi connectivity index (χ0n) is 14.6. The Morgan fingerprint density at radius 2 is 1.96 bits per heavy atom. The number of hydrogen-bond donors (Lipinski definition) is 2. The molecule has 1 aromatic carbocycles. The first-order valence-corrected chi connectivity index (χ1v) is 8.58. The zero-order valence-corrected chi connectivity index (χ0v) is 17.0. The Morgan fingerprint density at radius 1 is 1.29 bits per heavy atom. The molecule has 1 unspecified atom stereocenters. The molecule has 2 aromatic rings. The zero-order chi connectivity index (χ0) is 18.7. The molecule has 3 rings (SSSR count). The number of hydrogen-bond acceptors (Lipinski definition) is 4. The van der Waals surface area contributed by atoms with Gasteiger partial charge in [0.15, 0.2) is 0 Å². The number of fused-ring (bicyclic) bond motifs is 1. The second-order valence-corrected chi connectivity index (χ2v) is 6.52. The smallest absolute Gasteiger partial charge is 0.350 e. The monoisotopic (exact) mass is 458 g/mol. The molecular weight excluding hydrogens is 440 g/mol. The van der Waals surface area contributed by atoms with Crippen molar-refractivity contribution in [1.82, 2.24) is 20.5 Å². The van der Waals surface area contributed by atoms with Gasteiger partial charge in [0.1, 0.15) is 6.04 Å². The molecule has 28 heavy (non-hydrogen) atoms. The summed E-state index contributed by atoms with van der Waals surface area (Å²) < 4.78 is 40.3. The van der Waals surface area contributed by atoms with Crippen molar-refractivity contribution in [2.24, 2.45) is 0 Å². The van der Waals surface area contributed by atoms with Gasteiger partial charge < -0.3 is 10.6 Å². The van der Waals surface area contributed by atoms with E-state index in [9.17, 15) is 18.0 Å². The second-order valence-electron chi connectivity index (χ2n) is 6.08. The van der Waals surface area contributed by atoms with Gasteiger partial charge in [-0.1, -0.05) is 17.7 Å². The quantitative estimate of drug-likeness (QED) is 0.737. The molecule has 0 spiro atoms. The van der Waals surface area contributed by atoms with Crippen LogP contribution in [-0.2, 0) is 0 Å². The Morgan fingerprint density at radius 3 is 2.61 bits per heavy atom. The van der Waals surface area contributed by atoms with Crippen molar-refractivity contribution in [1.29, 1.82) is 0 Å². The third kappa shape index (κ3) is 5.84. The van der Waals surface area contributed by atoms with Gasteiger partial charge in [-0.25, -0.2) is 0 Å². The number of pyridine rings is 1. The van der Waals surface area contributed by atoms with Crippen LogP contribution >= 0.6 is 36.4 Å². The number of carbonyl (C=O) groups excluding carboxylic acids is 1. The van der Waals surface area contributed by atoms with Crippen molar-refractivity contribution in [3.8, 4) is 0 Å². The van der Waals surface area contributed by atoms with Crippen molar-refractivity contribution >= 4 is 53.2 Å². The molecule has 1 fully saturated rings. The number of carbonyl (C=O) groups is 1. The van der Waals surface area contributed by atoms with E-state index in [1.165, 1.54) is 17.2 Å². The van der Waals surface area contributed by atoms with Gasteiger partial charge in [0.2, 0.25) is 0 Å². The number of nitrogens with zero attached hydrogens (tertiary/aromatic N) is 2. The summed E-state index contributed by atoms with van der Waals surface area (Å²) in [6.45, 7) is 1.01. The minimum Gasteiger partial charge on any atom is -0.350 e. The van der Waals surface area contributed by atoms with Crippen molar-refractivity contribution < 1.29 is 18.0 Å². The minimum atomic E-state index is -4.43. The van der Waals surface area contributed by atoms with Gasteiger partial charge in [0, 0.05) is 49.3 Å². The average Bonchev–Trinajstić information content (AvgIpc) is 2.60. The van der Waals surface area contributed by atoms with Crippen LogP contribution in [0.4, 0.5) is 13.2 Å². The number of halogens is 6. The average molecular weight is 460 g/mol. The Kier molecular flexibility index (Phi) is 9.23. The van der Waals surface area contributed by atoms with Crippen LogP contribution in [0.2, 0.25) is 5.02 Å². The van der Waals surface area contributed by atoms with Gasteiger partial charge in [-0.15, -0.1) is 24.8 Å². The molecule has 1 aliphatic heterocycles. The van der Waals surface area contributed by atoms with Gasteiger partial charge in [-0.05, 0) is 18.2 Å². The second kappa shape index (κ2) is 10.5. The highest BCUT2D eigenvalue weighted by molar-refractivity contribution is 6.32. The number of amides is 1. The molecule has 156 valence electrons. The maximum absolute atomic E-state index is 13.4. The largest absolute Gasteiger partial charge is 0.405 e. The third-order valence-corrected chi connectivity index (χ3v) is 4.56. The fraction of sp³-hybridized carbons (Fsp3) is 0.412. The molecule has 0 saturated carbocycles. The molecule has 1 saturated heterocycles. The van der Waals surface area contributed by atoms with Crippen molar-refractivity contribution in [2.75, 3.05) is 32.7 Å². The predicted molar refractivity (Wildman–Crippen MR) is 108 cm³/mol. The fourth-order valence-corrected chi connectivity index (χ4v) is 3.29. The van der Waals surface area contributed by atoms with Crippen LogP contribution in [0, 0.1) is 0 Å². The van der Waals surface area contributed by atoms with Gasteiger partial charge in [-0.3, -0.25) is 14.7 Å². The molecule has 1 atom stereocenters. The molecule has 0 bridgehead atoms. The molecule has 0 radical (unpaired) electrons. The normalized spacial score (nSPS) is 16.0. The van der Waals surface area contributed by atoms with Crippen LogP contribution in [0.25, 0.3) is 10.9 Å². The lowest BCUT2D eigenvalue weighted by atomic mass is 10.1. The van der Waals surface area contributed by atoms with E-state index in [-0.39, 0.29) is 43.5 Å². The first-order chi connectivity index (χ1) is 12.4. The van der Waals surface area contributed by atoms with E-state index >= 15 is 0 Å². The molecular formula is C17H20Cl3F3N4O. The van der Waals surface area contributed by atoms with E-state index in [1.54, 1.807) is 18.2 Å². The maximum Gasteiger partial charge on any atom is 0.405 e. The van der Waals surface area contributed by atoms with Crippen LogP contribution in [-0.4, -0.2) is 60.7 Å². The van der Waals surface area contributed by atoms with Crippen LogP contribution in [0.1, 0.15) is 10.4 Å². The summed E-state index contributed by atoms with van der Waals surface area (Å²) in [6, 6.07) is 4.78. The van der Waals surface area contributed by atoms with E-state index in [0.717, 1.165) is 0 Å². The van der Waals surface area contributed by atoms with Crippen LogP contribution in [0.15, 0.2) is 30.5 Å². The Balaban J connectivity index is 0.00000196. The van der Waals surface area contributed by atoms with Crippen molar-refractivity contribution in [2.45, 2.75) is 12.2 Å². The number of nitrogens with one attached hydrogen (secondary N) is 2. The predicted octanol–water partition coefficient (Wildman–Crippen LogP) is 3.30. The van der Waals surface area contributed by atoms with E-state index in [2.05, 4.69) is 15.6 Å². The molecule has 0 aliphatic carbocycles. The molecule has 1 aromatic heterocycles. The summed E-state index contributed by atoms with van der Waals surface area (Å²) in [5, 5.41) is 6.40. The van der Waals surface area contributed by atoms with Crippen LogP contribution < -0.4 is 10.6 Å². The lowest BCUT2D eigenvalue weighted by Crippen LogP contribution is -2.57. The first kappa shape index (κ1) is 24.7. The highest BCUT2D eigenvalue weighted by Gasteiger charge is 2.43. The Hall–Kier alpha value is -1.32. The van der Waals surface area contributed by atoms with Crippen molar-refractivity contribution in [3.63, 3.8) is 0 Å². The SMILES string of the molecule is Cl.Cl.O=C(NCC(N1CCNCC1)C(F)(F)F)c1cc(Cl)cc2cccnc12. The van der Waals surface area contributed by atoms with Gasteiger partial charge in [0.05, 0.1) is 11.1 Å². The number of benzene rings is 1. The molecule has 2 N–H and O–H groups in total.